The molecular weight excluding hydrogens is 248 g/mol. The molecule has 2 aromatic rings. The van der Waals surface area contributed by atoms with E-state index < -0.39 is 0 Å². The molecule has 0 aromatic heterocycles. The van der Waals surface area contributed by atoms with Gasteiger partial charge < -0.3 is 9.47 Å². The Balaban J connectivity index is 1.93. The molecule has 0 aliphatic carbocycles. The topological polar surface area (TPSA) is 18.5 Å². The van der Waals surface area contributed by atoms with Crippen LogP contribution in [0.1, 0.15) is 16.7 Å². The maximum Gasteiger partial charge on any atom is 0.149 e. The molecule has 0 radical (unpaired) electrons. The van der Waals surface area contributed by atoms with Gasteiger partial charge in [0.25, 0.3) is 0 Å². The quantitative estimate of drug-likeness (QED) is 0.788. The highest BCUT2D eigenvalue weighted by atomic mass is 16.5. The van der Waals surface area contributed by atoms with Crippen LogP contribution in [-0.4, -0.2) is 13.7 Å². The van der Waals surface area contributed by atoms with E-state index in [2.05, 4.69) is 31.8 Å². The molecule has 0 saturated heterocycles. The Bertz CT molecular complexity index is 610. The summed E-state index contributed by atoms with van der Waals surface area (Å²) in [4.78, 5) is 0. The number of hydrogen-bond acceptors (Lipinski definition) is 2. The van der Waals surface area contributed by atoms with E-state index in [0.29, 0.717) is 6.61 Å². The average Bonchev–Trinajstić information content (AvgIpc) is 2.43. The first-order chi connectivity index (χ1) is 9.67. The van der Waals surface area contributed by atoms with Crippen LogP contribution in [0.25, 0.3) is 0 Å². The van der Waals surface area contributed by atoms with Gasteiger partial charge in [0.15, 0.2) is 0 Å². The van der Waals surface area contributed by atoms with Gasteiger partial charge in [-0.1, -0.05) is 17.9 Å². The molecule has 0 aliphatic heterocycles. The lowest BCUT2D eigenvalue weighted by Crippen LogP contribution is -1.95. The molecule has 2 heteroatoms. The van der Waals surface area contributed by atoms with Gasteiger partial charge in [-0.15, -0.1) is 0 Å². The molecule has 0 unspecified atom stereocenters. The molecular formula is C18H18O2. The fourth-order valence-corrected chi connectivity index (χ4v) is 1.95. The summed E-state index contributed by atoms with van der Waals surface area (Å²) < 4.78 is 10.7. The third-order valence-corrected chi connectivity index (χ3v) is 2.83. The fraction of sp³-hybridized carbons (Fsp3) is 0.222. The van der Waals surface area contributed by atoms with Crippen LogP contribution >= 0.6 is 0 Å². The molecule has 2 rings (SSSR count). The smallest absolute Gasteiger partial charge is 0.149 e. The summed E-state index contributed by atoms with van der Waals surface area (Å²) in [6.07, 6.45) is 0. The average molecular weight is 266 g/mol. The summed E-state index contributed by atoms with van der Waals surface area (Å²) in [5.41, 5.74) is 3.35. The second-order valence-electron chi connectivity index (χ2n) is 4.64. The number of rotatable bonds is 3. The molecule has 0 heterocycles. The van der Waals surface area contributed by atoms with E-state index in [1.807, 2.05) is 36.4 Å². The standard InChI is InChI=1S/C18H18O2/c1-14-11-15(2)13-18(12-14)20-10-4-5-16-6-8-17(19-3)9-7-16/h6-9,11-13H,10H2,1-3H3. The lowest BCUT2D eigenvalue weighted by Gasteiger charge is -2.04. The lowest BCUT2D eigenvalue weighted by atomic mass is 10.1. The minimum absolute atomic E-state index is 0.384. The number of hydrogen-bond donors (Lipinski definition) is 0. The molecule has 0 aliphatic rings. The predicted molar refractivity (Wildman–Crippen MR) is 81.3 cm³/mol. The van der Waals surface area contributed by atoms with Crippen LogP contribution in [0.5, 0.6) is 11.5 Å². The van der Waals surface area contributed by atoms with Crippen molar-refractivity contribution in [1.29, 1.82) is 0 Å². The Morgan fingerprint density at radius 1 is 0.900 bits per heavy atom. The summed E-state index contributed by atoms with van der Waals surface area (Å²) in [5, 5.41) is 0. The van der Waals surface area contributed by atoms with Crippen LogP contribution in [0, 0.1) is 25.7 Å². The van der Waals surface area contributed by atoms with Crippen molar-refractivity contribution < 1.29 is 9.47 Å². The molecule has 0 saturated carbocycles. The van der Waals surface area contributed by atoms with Crippen LogP contribution in [0.15, 0.2) is 42.5 Å². The van der Waals surface area contributed by atoms with Gasteiger partial charge in [-0.3, -0.25) is 0 Å². The van der Waals surface area contributed by atoms with Crippen LogP contribution < -0.4 is 9.47 Å². The van der Waals surface area contributed by atoms with Crippen molar-refractivity contribution in [2.75, 3.05) is 13.7 Å². The molecule has 0 spiro atoms. The van der Waals surface area contributed by atoms with Gasteiger partial charge in [-0.2, -0.15) is 0 Å². The Kier molecular flexibility index (Phi) is 4.68. The zero-order valence-electron chi connectivity index (χ0n) is 12.1. The Hall–Kier alpha value is -2.40. The molecule has 20 heavy (non-hydrogen) atoms. The van der Waals surface area contributed by atoms with Crippen LogP contribution in [0.3, 0.4) is 0 Å². The zero-order valence-corrected chi connectivity index (χ0v) is 12.1. The van der Waals surface area contributed by atoms with Gasteiger partial charge in [-0.05, 0) is 61.4 Å². The van der Waals surface area contributed by atoms with Gasteiger partial charge in [0.1, 0.15) is 18.1 Å². The lowest BCUT2D eigenvalue weighted by molar-refractivity contribution is 0.370. The minimum atomic E-state index is 0.384. The minimum Gasteiger partial charge on any atom is -0.497 e. The first kappa shape index (κ1) is 14.0. The van der Waals surface area contributed by atoms with Crippen molar-refractivity contribution >= 4 is 0 Å². The maximum absolute atomic E-state index is 5.64. The summed E-state index contributed by atoms with van der Waals surface area (Å²) >= 11 is 0. The number of ether oxygens (including phenoxy) is 2. The van der Waals surface area contributed by atoms with Gasteiger partial charge >= 0.3 is 0 Å². The van der Waals surface area contributed by atoms with E-state index in [1.54, 1.807) is 7.11 Å². The molecule has 0 atom stereocenters. The maximum atomic E-state index is 5.64. The van der Waals surface area contributed by atoms with E-state index in [4.69, 9.17) is 9.47 Å². The Morgan fingerprint density at radius 2 is 1.55 bits per heavy atom. The van der Waals surface area contributed by atoms with Crippen molar-refractivity contribution in [2.45, 2.75) is 13.8 Å². The van der Waals surface area contributed by atoms with E-state index in [9.17, 15) is 0 Å². The van der Waals surface area contributed by atoms with Crippen LogP contribution in [0.2, 0.25) is 0 Å². The van der Waals surface area contributed by atoms with Crippen molar-refractivity contribution in [3.05, 3.63) is 59.2 Å². The number of benzene rings is 2. The monoisotopic (exact) mass is 266 g/mol. The number of aryl methyl sites for hydroxylation is 2. The first-order valence-electron chi connectivity index (χ1n) is 6.51. The van der Waals surface area contributed by atoms with Crippen LogP contribution in [0.4, 0.5) is 0 Å². The molecule has 0 bridgehead atoms. The largest absolute Gasteiger partial charge is 0.497 e. The van der Waals surface area contributed by atoms with E-state index >= 15 is 0 Å². The fourth-order valence-electron chi connectivity index (χ4n) is 1.95. The van der Waals surface area contributed by atoms with E-state index in [-0.39, 0.29) is 0 Å². The summed E-state index contributed by atoms with van der Waals surface area (Å²) in [5.74, 6) is 7.78. The summed E-state index contributed by atoms with van der Waals surface area (Å²) in [7, 11) is 1.65. The van der Waals surface area contributed by atoms with Crippen molar-refractivity contribution in [1.82, 2.24) is 0 Å². The highest BCUT2D eigenvalue weighted by Crippen LogP contribution is 2.16. The van der Waals surface area contributed by atoms with Gasteiger partial charge in [0, 0.05) is 5.56 Å². The third-order valence-electron chi connectivity index (χ3n) is 2.83. The van der Waals surface area contributed by atoms with Crippen molar-refractivity contribution in [3.63, 3.8) is 0 Å². The van der Waals surface area contributed by atoms with Gasteiger partial charge in [0.2, 0.25) is 0 Å². The predicted octanol–water partition coefficient (Wildman–Crippen LogP) is 3.74. The zero-order chi connectivity index (χ0) is 14.4. The molecule has 2 aromatic carbocycles. The van der Waals surface area contributed by atoms with Gasteiger partial charge in [-0.25, -0.2) is 0 Å². The summed E-state index contributed by atoms with van der Waals surface area (Å²) in [6.45, 7) is 4.50. The van der Waals surface area contributed by atoms with E-state index in [0.717, 1.165) is 17.1 Å². The SMILES string of the molecule is COc1ccc(C#CCOc2cc(C)cc(C)c2)cc1. The molecule has 102 valence electrons. The van der Waals surface area contributed by atoms with Crippen molar-refractivity contribution in [3.8, 4) is 23.3 Å². The molecule has 0 amide bonds. The molecule has 2 nitrogen and oxygen atoms in total. The van der Waals surface area contributed by atoms with E-state index in [1.165, 1.54) is 11.1 Å². The molecule has 0 fully saturated rings. The Labute approximate surface area is 120 Å². The second kappa shape index (κ2) is 6.68. The highest BCUT2D eigenvalue weighted by molar-refractivity contribution is 5.38. The third kappa shape index (κ3) is 4.07. The molecule has 0 N–H and O–H groups in total. The summed E-state index contributed by atoms with van der Waals surface area (Å²) in [6, 6.07) is 13.8. The normalized spacial score (nSPS) is 9.55. The van der Waals surface area contributed by atoms with Crippen molar-refractivity contribution in [2.24, 2.45) is 0 Å². The first-order valence-corrected chi connectivity index (χ1v) is 6.51. The Morgan fingerprint density at radius 3 is 2.15 bits per heavy atom. The number of methoxy groups -OCH3 is 1. The van der Waals surface area contributed by atoms with Gasteiger partial charge in [0.05, 0.1) is 7.11 Å². The highest BCUT2D eigenvalue weighted by Gasteiger charge is 1.95. The van der Waals surface area contributed by atoms with Crippen LogP contribution in [-0.2, 0) is 0 Å². The second-order valence-corrected chi connectivity index (χ2v) is 4.64.